The van der Waals surface area contributed by atoms with Crippen molar-refractivity contribution in [2.75, 3.05) is 13.7 Å². The molecule has 0 amide bonds. The molecule has 1 N–H and O–H groups in total. The highest BCUT2D eigenvalue weighted by atomic mass is 19.1. The van der Waals surface area contributed by atoms with E-state index < -0.39 is 6.17 Å². The fourth-order valence-corrected chi connectivity index (χ4v) is 1.57. The van der Waals surface area contributed by atoms with Crippen molar-refractivity contribution in [1.82, 2.24) is 5.32 Å². The molecule has 1 aromatic rings. The van der Waals surface area contributed by atoms with E-state index in [4.69, 9.17) is 4.74 Å². The highest BCUT2D eigenvalue weighted by Crippen LogP contribution is 2.32. The second-order valence-corrected chi connectivity index (χ2v) is 3.99. The summed E-state index contributed by atoms with van der Waals surface area (Å²) in [5.41, 5.74) is 1.20. The molecule has 1 aliphatic rings. The van der Waals surface area contributed by atoms with Gasteiger partial charge in [0.1, 0.15) is 11.9 Å². The molecule has 0 bridgehead atoms. The lowest BCUT2D eigenvalue weighted by Crippen LogP contribution is -2.16. The van der Waals surface area contributed by atoms with E-state index in [0.29, 0.717) is 0 Å². The van der Waals surface area contributed by atoms with Gasteiger partial charge in [0.15, 0.2) is 0 Å². The van der Waals surface area contributed by atoms with Crippen LogP contribution in [0.2, 0.25) is 0 Å². The Hall–Kier alpha value is -1.09. The zero-order valence-corrected chi connectivity index (χ0v) is 8.87. The number of methoxy groups -OCH3 is 1. The predicted octanol–water partition coefficient (Wildman–Crippen LogP) is 2.14. The van der Waals surface area contributed by atoms with Crippen LogP contribution in [0.25, 0.3) is 0 Å². The van der Waals surface area contributed by atoms with E-state index in [0.717, 1.165) is 25.3 Å². The van der Waals surface area contributed by atoms with E-state index in [-0.39, 0.29) is 5.92 Å². The summed E-state index contributed by atoms with van der Waals surface area (Å²) in [7, 11) is 1.65. The Morgan fingerprint density at radius 1 is 1.40 bits per heavy atom. The van der Waals surface area contributed by atoms with E-state index in [2.05, 4.69) is 5.32 Å². The van der Waals surface area contributed by atoms with Gasteiger partial charge < -0.3 is 10.1 Å². The van der Waals surface area contributed by atoms with E-state index in [1.54, 1.807) is 7.11 Å². The summed E-state index contributed by atoms with van der Waals surface area (Å²) in [5, 5.41) is 3.25. The van der Waals surface area contributed by atoms with Crippen molar-refractivity contribution in [3.8, 4) is 5.75 Å². The standard InChI is InChI=1S/C12H16FNO/c1-15-11-4-2-9(3-5-11)7-14-8-10-6-12(10)13/h2-5,10,12,14H,6-8H2,1H3. The molecule has 3 heteroatoms. The third-order valence-electron chi connectivity index (χ3n) is 2.73. The Morgan fingerprint density at radius 3 is 2.60 bits per heavy atom. The molecule has 15 heavy (non-hydrogen) atoms. The third kappa shape index (κ3) is 2.93. The number of halogens is 1. The minimum absolute atomic E-state index is 0.253. The van der Waals surface area contributed by atoms with Crippen molar-refractivity contribution in [2.24, 2.45) is 5.92 Å². The molecule has 1 fully saturated rings. The lowest BCUT2D eigenvalue weighted by atomic mass is 10.2. The van der Waals surface area contributed by atoms with E-state index in [9.17, 15) is 4.39 Å². The second-order valence-electron chi connectivity index (χ2n) is 3.99. The Kier molecular flexibility index (Phi) is 3.21. The number of hydrogen-bond acceptors (Lipinski definition) is 2. The van der Waals surface area contributed by atoms with Crippen molar-refractivity contribution in [2.45, 2.75) is 19.1 Å². The highest BCUT2D eigenvalue weighted by Gasteiger charge is 2.36. The molecule has 0 spiro atoms. The first-order valence-electron chi connectivity index (χ1n) is 5.27. The Bertz CT molecular complexity index is 312. The molecule has 0 saturated heterocycles. The van der Waals surface area contributed by atoms with Crippen LogP contribution in [0.15, 0.2) is 24.3 Å². The van der Waals surface area contributed by atoms with Gasteiger partial charge in [-0.05, 0) is 24.1 Å². The first kappa shape index (κ1) is 10.4. The smallest absolute Gasteiger partial charge is 0.118 e. The molecule has 2 nitrogen and oxygen atoms in total. The Labute approximate surface area is 89.4 Å². The molecule has 2 atom stereocenters. The molecule has 1 aliphatic carbocycles. The SMILES string of the molecule is COc1ccc(CNCC2CC2F)cc1. The Morgan fingerprint density at radius 2 is 2.07 bits per heavy atom. The molecule has 2 unspecified atom stereocenters. The summed E-state index contributed by atoms with van der Waals surface area (Å²) in [6.07, 6.45) is 0.170. The van der Waals surface area contributed by atoms with Crippen LogP contribution in [0.5, 0.6) is 5.75 Å². The van der Waals surface area contributed by atoms with Crippen LogP contribution in [-0.4, -0.2) is 19.8 Å². The fraction of sp³-hybridized carbons (Fsp3) is 0.500. The van der Waals surface area contributed by atoms with E-state index in [1.807, 2.05) is 24.3 Å². The molecule has 0 heterocycles. The van der Waals surface area contributed by atoms with Gasteiger partial charge in [-0.1, -0.05) is 12.1 Å². The van der Waals surface area contributed by atoms with Crippen molar-refractivity contribution >= 4 is 0 Å². The molecular formula is C12H16FNO. The lowest BCUT2D eigenvalue weighted by Gasteiger charge is -2.04. The molecule has 2 rings (SSSR count). The number of hydrogen-bond donors (Lipinski definition) is 1. The maximum absolute atomic E-state index is 12.5. The van der Waals surface area contributed by atoms with Gasteiger partial charge in [-0.3, -0.25) is 0 Å². The minimum Gasteiger partial charge on any atom is -0.497 e. The summed E-state index contributed by atoms with van der Waals surface area (Å²) in [6.45, 7) is 1.58. The summed E-state index contributed by atoms with van der Waals surface area (Å²) in [5.74, 6) is 1.12. The van der Waals surface area contributed by atoms with Crippen LogP contribution in [0.4, 0.5) is 4.39 Å². The lowest BCUT2D eigenvalue weighted by molar-refractivity contribution is 0.414. The summed E-state index contributed by atoms with van der Waals surface area (Å²) in [4.78, 5) is 0. The maximum Gasteiger partial charge on any atom is 0.118 e. The number of ether oxygens (including phenoxy) is 1. The van der Waals surface area contributed by atoms with Crippen LogP contribution in [0.3, 0.4) is 0 Å². The van der Waals surface area contributed by atoms with E-state index >= 15 is 0 Å². The van der Waals surface area contributed by atoms with Crippen LogP contribution in [0, 0.1) is 5.92 Å². The molecule has 82 valence electrons. The Balaban J connectivity index is 1.73. The molecule has 1 saturated carbocycles. The van der Waals surface area contributed by atoms with Crippen LogP contribution in [-0.2, 0) is 6.54 Å². The van der Waals surface area contributed by atoms with Crippen LogP contribution in [0.1, 0.15) is 12.0 Å². The van der Waals surface area contributed by atoms with Gasteiger partial charge in [0.05, 0.1) is 7.11 Å². The quantitative estimate of drug-likeness (QED) is 0.802. The van der Waals surface area contributed by atoms with Crippen LogP contribution >= 0.6 is 0 Å². The number of alkyl halides is 1. The predicted molar refractivity (Wildman–Crippen MR) is 57.7 cm³/mol. The summed E-state index contributed by atoms with van der Waals surface area (Å²) < 4.78 is 17.6. The zero-order valence-electron chi connectivity index (χ0n) is 8.87. The van der Waals surface area contributed by atoms with Gasteiger partial charge >= 0.3 is 0 Å². The van der Waals surface area contributed by atoms with Gasteiger partial charge in [0.2, 0.25) is 0 Å². The van der Waals surface area contributed by atoms with Gasteiger partial charge in [0.25, 0.3) is 0 Å². The van der Waals surface area contributed by atoms with Crippen molar-refractivity contribution in [3.05, 3.63) is 29.8 Å². The largest absolute Gasteiger partial charge is 0.497 e. The highest BCUT2D eigenvalue weighted by molar-refractivity contribution is 5.26. The first-order chi connectivity index (χ1) is 7.29. The average molecular weight is 209 g/mol. The van der Waals surface area contributed by atoms with Crippen molar-refractivity contribution in [1.29, 1.82) is 0 Å². The van der Waals surface area contributed by atoms with Gasteiger partial charge in [-0.25, -0.2) is 4.39 Å². The molecular weight excluding hydrogens is 193 g/mol. The summed E-state index contributed by atoms with van der Waals surface area (Å²) >= 11 is 0. The van der Waals surface area contributed by atoms with Gasteiger partial charge in [-0.15, -0.1) is 0 Å². The number of nitrogens with one attached hydrogen (secondary N) is 1. The molecule has 0 aromatic heterocycles. The monoisotopic (exact) mass is 209 g/mol. The first-order valence-corrected chi connectivity index (χ1v) is 5.27. The molecule has 0 aliphatic heterocycles. The number of rotatable bonds is 5. The van der Waals surface area contributed by atoms with Crippen molar-refractivity contribution in [3.63, 3.8) is 0 Å². The second kappa shape index (κ2) is 4.62. The third-order valence-corrected chi connectivity index (χ3v) is 2.73. The van der Waals surface area contributed by atoms with E-state index in [1.165, 1.54) is 5.56 Å². The topological polar surface area (TPSA) is 21.3 Å². The summed E-state index contributed by atoms with van der Waals surface area (Å²) in [6, 6.07) is 7.91. The molecule has 1 aromatic carbocycles. The van der Waals surface area contributed by atoms with Gasteiger partial charge in [0, 0.05) is 19.0 Å². The number of benzene rings is 1. The normalized spacial score (nSPS) is 23.9. The average Bonchev–Trinajstić information content (AvgIpc) is 2.96. The minimum atomic E-state index is -0.562. The van der Waals surface area contributed by atoms with Gasteiger partial charge in [-0.2, -0.15) is 0 Å². The molecule has 0 radical (unpaired) electrons. The fourth-order valence-electron chi connectivity index (χ4n) is 1.57. The van der Waals surface area contributed by atoms with Crippen molar-refractivity contribution < 1.29 is 9.13 Å². The maximum atomic E-state index is 12.5. The zero-order chi connectivity index (χ0) is 10.7. The van der Waals surface area contributed by atoms with Crippen LogP contribution < -0.4 is 10.1 Å².